The second kappa shape index (κ2) is 4.47. The van der Waals surface area contributed by atoms with Crippen molar-refractivity contribution in [1.29, 1.82) is 0 Å². The molecule has 1 aromatic rings. The number of Topliss-reactive ketones (excluding diaryl/α,β-unsaturated/α-hetero) is 1. The van der Waals surface area contributed by atoms with Crippen LogP contribution in [0, 0.1) is 17.2 Å². The Morgan fingerprint density at radius 2 is 1.94 bits per heavy atom. The first-order valence-corrected chi connectivity index (χ1v) is 6.67. The Kier molecular flexibility index (Phi) is 2.94. The lowest BCUT2D eigenvalue weighted by atomic mass is 9.89. The zero-order chi connectivity index (χ0) is 12.6. The number of halogens is 1. The van der Waals surface area contributed by atoms with Crippen LogP contribution in [0.4, 0.5) is 4.39 Å². The van der Waals surface area contributed by atoms with E-state index in [4.69, 9.17) is 0 Å². The number of carbonyl (C=O) groups is 1. The molecule has 0 bridgehead atoms. The van der Waals surface area contributed by atoms with Crippen LogP contribution in [-0.4, -0.2) is 18.9 Å². The summed E-state index contributed by atoms with van der Waals surface area (Å²) in [7, 11) is 0. The van der Waals surface area contributed by atoms with Gasteiger partial charge in [0.05, 0.1) is 0 Å². The Bertz CT molecular complexity index is 448. The van der Waals surface area contributed by atoms with Crippen LogP contribution >= 0.6 is 0 Å². The molecule has 1 saturated carbocycles. The third-order valence-corrected chi connectivity index (χ3v) is 4.47. The maximum atomic E-state index is 12.8. The number of benzene rings is 1. The van der Waals surface area contributed by atoms with Gasteiger partial charge in [0.15, 0.2) is 0 Å². The van der Waals surface area contributed by atoms with Crippen molar-refractivity contribution in [3.05, 3.63) is 35.6 Å². The molecule has 1 aliphatic carbocycles. The minimum absolute atomic E-state index is 0.243. The van der Waals surface area contributed by atoms with E-state index >= 15 is 0 Å². The lowest BCUT2D eigenvalue weighted by molar-refractivity contribution is -0.120. The maximum absolute atomic E-state index is 12.8. The molecule has 1 heterocycles. The minimum atomic E-state index is -0.243. The molecule has 2 nitrogen and oxygen atoms in total. The first-order chi connectivity index (χ1) is 8.70. The highest BCUT2D eigenvalue weighted by atomic mass is 19.1. The van der Waals surface area contributed by atoms with Gasteiger partial charge in [-0.3, -0.25) is 4.79 Å². The topological polar surface area (TPSA) is 29.1 Å². The SMILES string of the molecule is O=C(Cc1ccc(F)cc1)C1CC12CCNCC2. The summed E-state index contributed by atoms with van der Waals surface area (Å²) in [5.74, 6) is 0.348. The molecule has 1 saturated heterocycles. The average molecular weight is 247 g/mol. The number of ketones is 1. The fourth-order valence-corrected chi connectivity index (χ4v) is 3.21. The highest BCUT2D eigenvalue weighted by Gasteiger charge is 2.56. The summed E-state index contributed by atoms with van der Waals surface area (Å²) in [6.07, 6.45) is 3.79. The van der Waals surface area contributed by atoms with Crippen molar-refractivity contribution in [2.45, 2.75) is 25.7 Å². The van der Waals surface area contributed by atoms with Crippen molar-refractivity contribution >= 4 is 5.78 Å². The molecular formula is C15H18FNO. The Labute approximate surface area is 107 Å². The molecule has 2 fully saturated rings. The van der Waals surface area contributed by atoms with Crippen LogP contribution < -0.4 is 5.32 Å². The predicted octanol–water partition coefficient (Wildman–Crippen LogP) is 2.33. The largest absolute Gasteiger partial charge is 0.317 e. The van der Waals surface area contributed by atoms with Gasteiger partial charge in [-0.05, 0) is 55.5 Å². The van der Waals surface area contributed by atoms with Gasteiger partial charge in [-0.25, -0.2) is 4.39 Å². The number of rotatable bonds is 3. The van der Waals surface area contributed by atoms with E-state index in [0.29, 0.717) is 17.6 Å². The summed E-state index contributed by atoms with van der Waals surface area (Å²) in [6, 6.07) is 6.28. The van der Waals surface area contributed by atoms with E-state index in [0.717, 1.165) is 37.9 Å². The zero-order valence-corrected chi connectivity index (χ0v) is 10.4. The van der Waals surface area contributed by atoms with E-state index in [1.807, 2.05) is 0 Å². The molecule has 0 amide bonds. The van der Waals surface area contributed by atoms with Gasteiger partial charge in [-0.1, -0.05) is 12.1 Å². The van der Waals surface area contributed by atoms with Gasteiger partial charge in [0, 0.05) is 12.3 Å². The molecule has 0 radical (unpaired) electrons. The van der Waals surface area contributed by atoms with Gasteiger partial charge < -0.3 is 5.32 Å². The van der Waals surface area contributed by atoms with Gasteiger partial charge in [-0.2, -0.15) is 0 Å². The molecular weight excluding hydrogens is 229 g/mol. The van der Waals surface area contributed by atoms with E-state index in [9.17, 15) is 9.18 Å². The van der Waals surface area contributed by atoms with Crippen LogP contribution in [-0.2, 0) is 11.2 Å². The smallest absolute Gasteiger partial charge is 0.140 e. The van der Waals surface area contributed by atoms with E-state index in [-0.39, 0.29) is 11.7 Å². The van der Waals surface area contributed by atoms with Crippen molar-refractivity contribution in [1.82, 2.24) is 5.32 Å². The molecule has 2 aliphatic rings. The van der Waals surface area contributed by atoms with E-state index in [2.05, 4.69) is 5.32 Å². The third kappa shape index (κ3) is 2.19. The molecule has 1 spiro atoms. The molecule has 3 rings (SSSR count). The number of carbonyl (C=O) groups excluding carboxylic acids is 1. The molecule has 1 aliphatic heterocycles. The Morgan fingerprint density at radius 1 is 1.28 bits per heavy atom. The van der Waals surface area contributed by atoms with Crippen molar-refractivity contribution in [3.8, 4) is 0 Å². The average Bonchev–Trinajstić information content (AvgIpc) is 3.07. The van der Waals surface area contributed by atoms with Crippen molar-refractivity contribution in [2.24, 2.45) is 11.3 Å². The Morgan fingerprint density at radius 3 is 2.61 bits per heavy atom. The Balaban J connectivity index is 1.61. The van der Waals surface area contributed by atoms with E-state index < -0.39 is 0 Å². The Hall–Kier alpha value is -1.22. The van der Waals surface area contributed by atoms with Gasteiger partial charge in [0.25, 0.3) is 0 Å². The third-order valence-electron chi connectivity index (χ3n) is 4.47. The predicted molar refractivity (Wildman–Crippen MR) is 67.8 cm³/mol. The van der Waals surface area contributed by atoms with Crippen LogP contribution in [0.15, 0.2) is 24.3 Å². The molecule has 1 unspecified atom stereocenters. The molecule has 96 valence electrons. The van der Waals surface area contributed by atoms with Crippen molar-refractivity contribution < 1.29 is 9.18 Å². The van der Waals surface area contributed by atoms with Crippen LogP contribution in [0.1, 0.15) is 24.8 Å². The quantitative estimate of drug-likeness (QED) is 0.888. The lowest BCUT2D eigenvalue weighted by Crippen LogP contribution is -2.30. The minimum Gasteiger partial charge on any atom is -0.317 e. The second-order valence-corrected chi connectivity index (χ2v) is 5.64. The maximum Gasteiger partial charge on any atom is 0.140 e. The van der Waals surface area contributed by atoms with Crippen LogP contribution in [0.2, 0.25) is 0 Å². The summed E-state index contributed by atoms with van der Waals surface area (Å²) in [5, 5.41) is 3.34. The first-order valence-electron chi connectivity index (χ1n) is 6.67. The number of hydrogen-bond donors (Lipinski definition) is 1. The highest BCUT2D eigenvalue weighted by molar-refractivity contribution is 5.86. The zero-order valence-electron chi connectivity index (χ0n) is 10.4. The molecule has 1 N–H and O–H groups in total. The molecule has 1 atom stereocenters. The number of nitrogens with one attached hydrogen (secondary N) is 1. The molecule has 1 aromatic carbocycles. The lowest BCUT2D eigenvalue weighted by Gasteiger charge is -2.23. The number of hydrogen-bond acceptors (Lipinski definition) is 2. The summed E-state index contributed by atoms with van der Waals surface area (Å²) in [6.45, 7) is 2.08. The summed E-state index contributed by atoms with van der Waals surface area (Å²) in [5.41, 5.74) is 1.24. The standard InChI is InChI=1S/C15H18FNO/c16-12-3-1-11(2-4-12)9-14(18)13-10-15(13)5-7-17-8-6-15/h1-4,13,17H,5-10H2. The van der Waals surface area contributed by atoms with Gasteiger partial charge in [-0.15, -0.1) is 0 Å². The van der Waals surface area contributed by atoms with Crippen LogP contribution in [0.3, 0.4) is 0 Å². The summed E-state index contributed by atoms with van der Waals surface area (Å²) in [4.78, 5) is 12.2. The monoisotopic (exact) mass is 247 g/mol. The molecule has 0 aromatic heterocycles. The van der Waals surface area contributed by atoms with E-state index in [1.54, 1.807) is 12.1 Å². The van der Waals surface area contributed by atoms with Gasteiger partial charge in [0.1, 0.15) is 11.6 Å². The fraction of sp³-hybridized carbons (Fsp3) is 0.533. The van der Waals surface area contributed by atoms with Crippen LogP contribution in [0.25, 0.3) is 0 Å². The molecule has 3 heteroatoms. The van der Waals surface area contributed by atoms with Gasteiger partial charge in [0.2, 0.25) is 0 Å². The number of piperidine rings is 1. The highest BCUT2D eigenvalue weighted by Crippen LogP contribution is 2.59. The second-order valence-electron chi connectivity index (χ2n) is 5.64. The van der Waals surface area contributed by atoms with Crippen LogP contribution in [0.5, 0.6) is 0 Å². The van der Waals surface area contributed by atoms with E-state index in [1.165, 1.54) is 12.1 Å². The normalized spacial score (nSPS) is 25.1. The summed E-state index contributed by atoms with van der Waals surface area (Å²) < 4.78 is 12.8. The van der Waals surface area contributed by atoms with Crippen molar-refractivity contribution in [2.75, 3.05) is 13.1 Å². The summed E-state index contributed by atoms with van der Waals surface area (Å²) >= 11 is 0. The van der Waals surface area contributed by atoms with Gasteiger partial charge >= 0.3 is 0 Å². The van der Waals surface area contributed by atoms with Crippen molar-refractivity contribution in [3.63, 3.8) is 0 Å². The molecule has 18 heavy (non-hydrogen) atoms. The first kappa shape index (κ1) is 11.8. The fourth-order valence-electron chi connectivity index (χ4n) is 3.21.